The first kappa shape index (κ1) is 19.8. The molecular formula is C15H23BrCl2N2O2. The standard InChI is InChI=1S/C15H21BrN2O2.2ClH/c1-20-12-5-4-11(16)13(15(12)19)14(10-2-3-10)18-8-6-17-7-9-18;;/h4-5,10,14,17,19H,2-3,6-9H2,1H3;2*1H/t14-;;/m0../s1. The lowest BCUT2D eigenvalue weighted by Gasteiger charge is -2.36. The highest BCUT2D eigenvalue weighted by molar-refractivity contribution is 9.10. The van der Waals surface area contributed by atoms with E-state index in [1.807, 2.05) is 12.1 Å². The summed E-state index contributed by atoms with van der Waals surface area (Å²) < 4.78 is 6.25. The number of aromatic hydroxyl groups is 1. The summed E-state index contributed by atoms with van der Waals surface area (Å²) >= 11 is 3.62. The van der Waals surface area contributed by atoms with E-state index in [4.69, 9.17) is 4.74 Å². The van der Waals surface area contributed by atoms with E-state index in [-0.39, 0.29) is 30.6 Å². The Bertz CT molecular complexity index is 495. The van der Waals surface area contributed by atoms with Crippen LogP contribution < -0.4 is 10.1 Å². The molecule has 1 aliphatic heterocycles. The van der Waals surface area contributed by atoms with Crippen molar-refractivity contribution in [3.8, 4) is 11.5 Å². The summed E-state index contributed by atoms with van der Waals surface area (Å²) in [6.45, 7) is 4.10. The first-order valence-electron chi connectivity index (χ1n) is 7.22. The normalized spacial score (nSPS) is 19.7. The van der Waals surface area contributed by atoms with Crippen LogP contribution in [0.25, 0.3) is 0 Å². The second-order valence-corrected chi connectivity index (χ2v) is 6.43. The highest BCUT2D eigenvalue weighted by Gasteiger charge is 2.39. The Morgan fingerprint density at radius 1 is 1.27 bits per heavy atom. The Kier molecular flexibility index (Phi) is 7.75. The monoisotopic (exact) mass is 412 g/mol. The average Bonchev–Trinajstić information content (AvgIpc) is 3.29. The number of ether oxygens (including phenoxy) is 1. The molecule has 1 saturated carbocycles. The molecule has 1 atom stereocenters. The molecule has 1 heterocycles. The van der Waals surface area contributed by atoms with Crippen LogP contribution in [0.4, 0.5) is 0 Å². The van der Waals surface area contributed by atoms with Gasteiger partial charge in [0, 0.05) is 42.3 Å². The molecule has 1 aliphatic carbocycles. The maximum atomic E-state index is 10.6. The van der Waals surface area contributed by atoms with Crippen LogP contribution in [0.1, 0.15) is 24.4 Å². The zero-order valence-electron chi connectivity index (χ0n) is 12.5. The third kappa shape index (κ3) is 4.01. The molecule has 1 aromatic rings. The topological polar surface area (TPSA) is 44.7 Å². The molecule has 3 rings (SSSR count). The van der Waals surface area contributed by atoms with Crippen LogP contribution in [0.3, 0.4) is 0 Å². The van der Waals surface area contributed by atoms with Crippen molar-refractivity contribution in [3.63, 3.8) is 0 Å². The number of hydrogen-bond donors (Lipinski definition) is 2. The van der Waals surface area contributed by atoms with E-state index < -0.39 is 0 Å². The van der Waals surface area contributed by atoms with Crippen molar-refractivity contribution in [2.24, 2.45) is 5.92 Å². The molecule has 2 aliphatic rings. The predicted octanol–water partition coefficient (Wildman–Crippen LogP) is 3.36. The van der Waals surface area contributed by atoms with Gasteiger partial charge in [0.1, 0.15) is 0 Å². The van der Waals surface area contributed by atoms with Gasteiger partial charge in [-0.15, -0.1) is 24.8 Å². The average molecular weight is 414 g/mol. The first-order valence-corrected chi connectivity index (χ1v) is 8.01. The second kappa shape index (κ2) is 8.60. The molecule has 1 saturated heterocycles. The van der Waals surface area contributed by atoms with E-state index >= 15 is 0 Å². The van der Waals surface area contributed by atoms with Crippen molar-refractivity contribution < 1.29 is 9.84 Å². The van der Waals surface area contributed by atoms with Gasteiger partial charge in [0.25, 0.3) is 0 Å². The van der Waals surface area contributed by atoms with E-state index in [9.17, 15) is 5.11 Å². The molecule has 2 N–H and O–H groups in total. The fourth-order valence-electron chi connectivity index (χ4n) is 3.10. The number of hydrogen-bond acceptors (Lipinski definition) is 4. The highest BCUT2D eigenvalue weighted by Crippen LogP contribution is 2.50. The molecule has 126 valence electrons. The lowest BCUT2D eigenvalue weighted by molar-refractivity contribution is 0.152. The number of rotatable bonds is 4. The van der Waals surface area contributed by atoms with E-state index in [1.165, 1.54) is 12.8 Å². The molecular weight excluding hydrogens is 391 g/mol. The highest BCUT2D eigenvalue weighted by atomic mass is 79.9. The summed E-state index contributed by atoms with van der Waals surface area (Å²) in [5.74, 6) is 1.50. The molecule has 7 heteroatoms. The van der Waals surface area contributed by atoms with Crippen LogP contribution in [-0.4, -0.2) is 43.3 Å². The SMILES string of the molecule is COc1ccc(Br)c([C@H](C2CC2)N2CCNCC2)c1O.Cl.Cl. The third-order valence-corrected chi connectivity index (χ3v) is 4.95. The van der Waals surface area contributed by atoms with Gasteiger partial charge in [-0.3, -0.25) is 4.90 Å². The first-order chi connectivity index (χ1) is 9.72. The van der Waals surface area contributed by atoms with Crippen LogP contribution >= 0.6 is 40.7 Å². The molecule has 22 heavy (non-hydrogen) atoms. The third-order valence-electron chi connectivity index (χ3n) is 4.26. The van der Waals surface area contributed by atoms with E-state index in [2.05, 4.69) is 26.1 Å². The Morgan fingerprint density at radius 3 is 2.45 bits per heavy atom. The second-order valence-electron chi connectivity index (χ2n) is 5.58. The lowest BCUT2D eigenvalue weighted by Crippen LogP contribution is -2.45. The Morgan fingerprint density at radius 2 is 1.91 bits per heavy atom. The van der Waals surface area contributed by atoms with Gasteiger partial charge in [0.2, 0.25) is 0 Å². The van der Waals surface area contributed by atoms with E-state index in [1.54, 1.807) is 7.11 Å². The molecule has 4 nitrogen and oxygen atoms in total. The van der Waals surface area contributed by atoms with Gasteiger partial charge in [0.15, 0.2) is 11.5 Å². The predicted molar refractivity (Wildman–Crippen MR) is 96.8 cm³/mol. The van der Waals surface area contributed by atoms with Gasteiger partial charge in [-0.1, -0.05) is 15.9 Å². The van der Waals surface area contributed by atoms with Crippen LogP contribution in [-0.2, 0) is 0 Å². The molecule has 0 amide bonds. The van der Waals surface area contributed by atoms with Crippen molar-refractivity contribution in [1.82, 2.24) is 10.2 Å². The Labute approximate surface area is 152 Å². The molecule has 0 spiro atoms. The molecule has 0 bridgehead atoms. The quantitative estimate of drug-likeness (QED) is 0.794. The number of phenolic OH excluding ortho intramolecular Hbond substituents is 1. The van der Waals surface area contributed by atoms with E-state index in [0.29, 0.717) is 17.7 Å². The van der Waals surface area contributed by atoms with Gasteiger partial charge < -0.3 is 15.2 Å². The number of benzene rings is 1. The fourth-order valence-corrected chi connectivity index (χ4v) is 3.65. The Balaban J connectivity index is 0.00000121. The summed E-state index contributed by atoms with van der Waals surface area (Å²) in [6.07, 6.45) is 2.50. The minimum absolute atomic E-state index is 0. The smallest absolute Gasteiger partial charge is 0.163 e. The minimum atomic E-state index is 0. The van der Waals surface area contributed by atoms with Crippen molar-refractivity contribution >= 4 is 40.7 Å². The largest absolute Gasteiger partial charge is 0.504 e. The Hall–Kier alpha value is -0.200. The zero-order chi connectivity index (χ0) is 14.1. The van der Waals surface area contributed by atoms with Gasteiger partial charge in [-0.25, -0.2) is 0 Å². The molecule has 1 aromatic carbocycles. The number of piperazine rings is 1. The van der Waals surface area contributed by atoms with Crippen LogP contribution in [0.2, 0.25) is 0 Å². The maximum absolute atomic E-state index is 10.6. The van der Waals surface area contributed by atoms with Crippen LogP contribution in [0, 0.1) is 5.92 Å². The molecule has 0 unspecified atom stereocenters. The van der Waals surface area contributed by atoms with Crippen LogP contribution in [0.5, 0.6) is 11.5 Å². The summed E-state index contributed by atoms with van der Waals surface area (Å²) in [6, 6.07) is 4.08. The van der Waals surface area contributed by atoms with Gasteiger partial charge in [-0.05, 0) is 30.9 Å². The van der Waals surface area contributed by atoms with Crippen molar-refractivity contribution in [1.29, 1.82) is 0 Å². The van der Waals surface area contributed by atoms with E-state index in [0.717, 1.165) is 36.2 Å². The summed E-state index contributed by atoms with van der Waals surface area (Å²) in [4.78, 5) is 2.49. The van der Waals surface area contributed by atoms with Crippen molar-refractivity contribution in [3.05, 3.63) is 22.2 Å². The number of methoxy groups -OCH3 is 1. The summed E-state index contributed by atoms with van der Waals surface area (Å²) in [7, 11) is 1.60. The van der Waals surface area contributed by atoms with Crippen molar-refractivity contribution in [2.45, 2.75) is 18.9 Å². The van der Waals surface area contributed by atoms with Gasteiger partial charge in [0.05, 0.1) is 7.11 Å². The number of nitrogens with one attached hydrogen (secondary N) is 1. The molecule has 2 fully saturated rings. The van der Waals surface area contributed by atoms with Gasteiger partial charge in [-0.2, -0.15) is 0 Å². The lowest BCUT2D eigenvalue weighted by atomic mass is 9.98. The van der Waals surface area contributed by atoms with Crippen LogP contribution in [0.15, 0.2) is 16.6 Å². The number of nitrogens with zero attached hydrogens (tertiary/aromatic N) is 1. The zero-order valence-corrected chi connectivity index (χ0v) is 15.8. The minimum Gasteiger partial charge on any atom is -0.504 e. The summed E-state index contributed by atoms with van der Waals surface area (Å²) in [5, 5.41) is 13.9. The molecule has 0 aromatic heterocycles. The molecule has 0 radical (unpaired) electrons. The number of phenols is 1. The van der Waals surface area contributed by atoms with Crippen molar-refractivity contribution in [2.75, 3.05) is 33.3 Å². The van der Waals surface area contributed by atoms with Gasteiger partial charge >= 0.3 is 0 Å². The maximum Gasteiger partial charge on any atom is 0.163 e. The summed E-state index contributed by atoms with van der Waals surface area (Å²) in [5.41, 5.74) is 0.994. The fraction of sp³-hybridized carbons (Fsp3) is 0.600. The number of halogens is 3.